The quantitative estimate of drug-likeness (QED) is 0.913. The highest BCUT2D eigenvalue weighted by Crippen LogP contribution is 2.26. The summed E-state index contributed by atoms with van der Waals surface area (Å²) >= 11 is 13.6. The van der Waals surface area contributed by atoms with Crippen LogP contribution in [-0.2, 0) is 13.1 Å². The first kappa shape index (κ1) is 16.5. The number of rotatable bonds is 4. The van der Waals surface area contributed by atoms with Crippen molar-refractivity contribution in [3.8, 4) is 0 Å². The molecule has 1 aromatic heterocycles. The van der Waals surface area contributed by atoms with Gasteiger partial charge < -0.3 is 5.73 Å². The Balaban J connectivity index is 0.00000180. The Bertz CT molecular complexity index is 545. The second kappa shape index (κ2) is 7.31. The normalized spacial score (nSPS) is 10.5. The third-order valence-electron chi connectivity index (χ3n) is 2.47. The fourth-order valence-electron chi connectivity index (χ4n) is 1.68. The molecular weight excluding hydrogens is 325 g/mol. The standard InChI is InChI=1S/C12H13Cl2N3S.ClH/c1-17(7-9-5-16-12(15)18-9)6-8-3-2-4-10(13)11(8)14;/h2-5H,6-7H2,1H3,(H2,15,16);1H. The lowest BCUT2D eigenvalue weighted by Gasteiger charge is -2.16. The zero-order valence-corrected chi connectivity index (χ0v) is 13.4. The molecule has 1 heterocycles. The number of hydrogen-bond acceptors (Lipinski definition) is 4. The SMILES string of the molecule is CN(Cc1cnc(N)s1)Cc1cccc(Cl)c1Cl.Cl. The van der Waals surface area contributed by atoms with Crippen LogP contribution in [0.5, 0.6) is 0 Å². The van der Waals surface area contributed by atoms with E-state index in [0.29, 0.717) is 15.2 Å². The van der Waals surface area contributed by atoms with Gasteiger partial charge in [0.05, 0.1) is 10.0 Å². The first-order valence-electron chi connectivity index (χ1n) is 5.38. The fourth-order valence-corrected chi connectivity index (χ4v) is 2.82. The number of thiazole rings is 1. The van der Waals surface area contributed by atoms with Crippen molar-refractivity contribution in [1.82, 2.24) is 9.88 Å². The number of anilines is 1. The molecule has 0 aliphatic heterocycles. The monoisotopic (exact) mass is 337 g/mol. The largest absolute Gasteiger partial charge is 0.375 e. The lowest BCUT2D eigenvalue weighted by molar-refractivity contribution is 0.322. The van der Waals surface area contributed by atoms with E-state index in [-0.39, 0.29) is 12.4 Å². The van der Waals surface area contributed by atoms with Gasteiger partial charge in [-0.15, -0.1) is 23.7 Å². The lowest BCUT2D eigenvalue weighted by Crippen LogP contribution is -2.16. The van der Waals surface area contributed by atoms with Crippen molar-refractivity contribution in [1.29, 1.82) is 0 Å². The summed E-state index contributed by atoms with van der Waals surface area (Å²) in [5, 5.41) is 1.80. The van der Waals surface area contributed by atoms with Gasteiger partial charge in [0.1, 0.15) is 0 Å². The van der Waals surface area contributed by atoms with Gasteiger partial charge in [-0.05, 0) is 18.7 Å². The van der Waals surface area contributed by atoms with Crippen LogP contribution >= 0.6 is 46.9 Å². The number of nitrogens with zero attached hydrogens (tertiary/aromatic N) is 2. The molecule has 7 heteroatoms. The Kier molecular flexibility index (Phi) is 6.36. The molecule has 3 nitrogen and oxygen atoms in total. The van der Waals surface area contributed by atoms with Gasteiger partial charge in [0.2, 0.25) is 0 Å². The summed E-state index contributed by atoms with van der Waals surface area (Å²) in [6.45, 7) is 1.52. The maximum Gasteiger partial charge on any atom is 0.180 e. The number of halogens is 3. The predicted molar refractivity (Wildman–Crippen MR) is 85.4 cm³/mol. The van der Waals surface area contributed by atoms with E-state index >= 15 is 0 Å². The fraction of sp³-hybridized carbons (Fsp3) is 0.250. The Morgan fingerprint density at radius 2 is 2.05 bits per heavy atom. The summed E-state index contributed by atoms with van der Waals surface area (Å²) in [5.74, 6) is 0. The van der Waals surface area contributed by atoms with Crippen LogP contribution in [0.3, 0.4) is 0 Å². The molecule has 1 aromatic carbocycles. The molecule has 19 heavy (non-hydrogen) atoms. The van der Waals surface area contributed by atoms with Crippen LogP contribution < -0.4 is 5.73 Å². The van der Waals surface area contributed by atoms with Crippen molar-refractivity contribution >= 4 is 52.1 Å². The van der Waals surface area contributed by atoms with E-state index in [1.165, 1.54) is 11.3 Å². The van der Waals surface area contributed by atoms with Crippen molar-refractivity contribution in [3.63, 3.8) is 0 Å². The molecule has 104 valence electrons. The summed E-state index contributed by atoms with van der Waals surface area (Å²) in [6.07, 6.45) is 1.80. The van der Waals surface area contributed by atoms with E-state index in [2.05, 4.69) is 9.88 Å². The van der Waals surface area contributed by atoms with Crippen molar-refractivity contribution in [2.24, 2.45) is 0 Å². The van der Waals surface area contributed by atoms with E-state index in [1.807, 2.05) is 19.2 Å². The first-order valence-corrected chi connectivity index (χ1v) is 6.95. The zero-order chi connectivity index (χ0) is 13.1. The smallest absolute Gasteiger partial charge is 0.180 e. The summed E-state index contributed by atoms with van der Waals surface area (Å²) in [7, 11) is 2.02. The van der Waals surface area contributed by atoms with Crippen LogP contribution in [0.25, 0.3) is 0 Å². The van der Waals surface area contributed by atoms with Gasteiger partial charge in [0.15, 0.2) is 5.13 Å². The molecule has 0 saturated heterocycles. The predicted octanol–water partition coefficient (Wildman–Crippen LogP) is 4.09. The van der Waals surface area contributed by atoms with E-state index in [9.17, 15) is 0 Å². The third-order valence-corrected chi connectivity index (χ3v) is 4.14. The van der Waals surface area contributed by atoms with Crippen molar-refractivity contribution in [2.45, 2.75) is 13.1 Å². The van der Waals surface area contributed by atoms with Crippen molar-refractivity contribution in [2.75, 3.05) is 12.8 Å². The number of benzene rings is 1. The second-order valence-electron chi connectivity index (χ2n) is 4.05. The Morgan fingerprint density at radius 1 is 1.32 bits per heavy atom. The first-order chi connectivity index (χ1) is 8.56. The van der Waals surface area contributed by atoms with Crippen LogP contribution in [0.4, 0.5) is 5.13 Å². The molecule has 2 aromatic rings. The Labute approximate surface area is 132 Å². The Hall–Kier alpha value is -0.520. The lowest BCUT2D eigenvalue weighted by atomic mass is 10.2. The number of aromatic nitrogens is 1. The highest BCUT2D eigenvalue weighted by Gasteiger charge is 2.09. The molecule has 0 atom stereocenters. The van der Waals surface area contributed by atoms with Crippen molar-refractivity contribution < 1.29 is 0 Å². The molecule has 2 rings (SSSR count). The average molecular weight is 339 g/mol. The highest BCUT2D eigenvalue weighted by molar-refractivity contribution is 7.15. The van der Waals surface area contributed by atoms with Gasteiger partial charge in [-0.1, -0.05) is 35.3 Å². The summed E-state index contributed by atoms with van der Waals surface area (Å²) < 4.78 is 0. The summed E-state index contributed by atoms with van der Waals surface area (Å²) in [4.78, 5) is 7.31. The van der Waals surface area contributed by atoms with Gasteiger partial charge in [0.25, 0.3) is 0 Å². The molecule has 0 fully saturated rings. The minimum Gasteiger partial charge on any atom is -0.375 e. The second-order valence-corrected chi connectivity index (χ2v) is 5.98. The van der Waals surface area contributed by atoms with Crippen LogP contribution in [-0.4, -0.2) is 16.9 Å². The molecule has 0 saturated carbocycles. The molecule has 0 unspecified atom stereocenters. The molecule has 0 amide bonds. The van der Waals surface area contributed by atoms with E-state index in [0.717, 1.165) is 23.5 Å². The van der Waals surface area contributed by atoms with E-state index in [4.69, 9.17) is 28.9 Å². The van der Waals surface area contributed by atoms with Crippen LogP contribution in [0.15, 0.2) is 24.4 Å². The molecule has 0 aliphatic rings. The Morgan fingerprint density at radius 3 is 2.68 bits per heavy atom. The number of nitrogen functional groups attached to an aromatic ring is 1. The highest BCUT2D eigenvalue weighted by atomic mass is 35.5. The zero-order valence-electron chi connectivity index (χ0n) is 10.3. The molecule has 0 radical (unpaired) electrons. The van der Waals surface area contributed by atoms with Crippen LogP contribution in [0.2, 0.25) is 10.0 Å². The molecular formula is C12H14Cl3N3S. The van der Waals surface area contributed by atoms with Gasteiger partial charge in [-0.25, -0.2) is 4.98 Å². The minimum atomic E-state index is 0. The number of nitrogens with two attached hydrogens (primary N) is 1. The van der Waals surface area contributed by atoms with Crippen LogP contribution in [0, 0.1) is 0 Å². The van der Waals surface area contributed by atoms with Gasteiger partial charge in [-0.2, -0.15) is 0 Å². The van der Waals surface area contributed by atoms with E-state index in [1.54, 1.807) is 12.3 Å². The van der Waals surface area contributed by atoms with Crippen molar-refractivity contribution in [3.05, 3.63) is 44.9 Å². The van der Waals surface area contributed by atoms with E-state index < -0.39 is 0 Å². The summed E-state index contributed by atoms with van der Waals surface area (Å²) in [5.41, 5.74) is 6.62. The molecule has 0 aliphatic carbocycles. The van der Waals surface area contributed by atoms with Gasteiger partial charge >= 0.3 is 0 Å². The maximum absolute atomic E-state index is 6.16. The van der Waals surface area contributed by atoms with Gasteiger partial charge in [0, 0.05) is 24.2 Å². The topological polar surface area (TPSA) is 42.2 Å². The van der Waals surface area contributed by atoms with Crippen LogP contribution in [0.1, 0.15) is 10.4 Å². The summed E-state index contributed by atoms with van der Waals surface area (Å²) in [6, 6.07) is 5.67. The average Bonchev–Trinajstić information content (AvgIpc) is 2.70. The molecule has 0 bridgehead atoms. The van der Waals surface area contributed by atoms with Gasteiger partial charge in [-0.3, -0.25) is 4.90 Å². The minimum absolute atomic E-state index is 0. The maximum atomic E-state index is 6.16. The number of hydrogen-bond donors (Lipinski definition) is 1. The molecule has 0 spiro atoms. The molecule has 2 N–H and O–H groups in total. The third kappa shape index (κ3) is 4.51.